The van der Waals surface area contributed by atoms with Crippen molar-refractivity contribution in [3.8, 4) is 17.2 Å². The number of anilines is 1. The van der Waals surface area contributed by atoms with Gasteiger partial charge in [-0.15, -0.1) is 0 Å². The normalized spacial score (nSPS) is 13.8. The third-order valence-electron chi connectivity index (χ3n) is 5.44. The minimum absolute atomic E-state index is 0.0567. The van der Waals surface area contributed by atoms with E-state index in [9.17, 15) is 4.79 Å². The lowest BCUT2D eigenvalue weighted by Gasteiger charge is -2.27. The molecule has 0 unspecified atom stereocenters. The maximum absolute atomic E-state index is 12.7. The van der Waals surface area contributed by atoms with Gasteiger partial charge in [-0.2, -0.15) is 0 Å². The van der Waals surface area contributed by atoms with Gasteiger partial charge in [0, 0.05) is 37.0 Å². The summed E-state index contributed by atoms with van der Waals surface area (Å²) in [7, 11) is 3.65. The Bertz CT molecular complexity index is 1040. The number of oxazole rings is 1. The smallest absolute Gasteiger partial charge is 0.254 e. The summed E-state index contributed by atoms with van der Waals surface area (Å²) in [5.74, 6) is 1.43. The minimum Gasteiger partial charge on any atom is -0.497 e. The number of aryl methyl sites for hydroxylation is 1. The highest BCUT2D eigenvalue weighted by molar-refractivity contribution is 5.95. The Morgan fingerprint density at radius 1 is 1.16 bits per heavy atom. The van der Waals surface area contributed by atoms with Crippen molar-refractivity contribution in [2.24, 2.45) is 0 Å². The lowest BCUT2D eigenvalue weighted by atomic mass is 10.1. The number of aromatic nitrogens is 1. The molecule has 0 aliphatic carbocycles. The average molecular weight is 421 g/mol. The Labute approximate surface area is 182 Å². The number of benzene rings is 2. The fourth-order valence-corrected chi connectivity index (χ4v) is 3.74. The molecule has 1 aliphatic heterocycles. The van der Waals surface area contributed by atoms with Gasteiger partial charge in [0.25, 0.3) is 5.91 Å². The molecule has 2 heterocycles. The van der Waals surface area contributed by atoms with Crippen molar-refractivity contribution >= 4 is 11.6 Å². The second kappa shape index (κ2) is 9.22. The summed E-state index contributed by atoms with van der Waals surface area (Å²) in [5, 5.41) is 0. The fourth-order valence-electron chi connectivity index (χ4n) is 3.74. The fraction of sp³-hybridized carbons (Fsp3) is 0.333. The summed E-state index contributed by atoms with van der Waals surface area (Å²) in [6, 6.07) is 13.5. The van der Waals surface area contributed by atoms with Crippen LogP contribution in [-0.4, -0.2) is 56.3 Å². The number of rotatable bonds is 6. The molecule has 0 N–H and O–H groups in total. The third kappa shape index (κ3) is 4.72. The predicted octanol–water partition coefficient (Wildman–Crippen LogP) is 3.77. The molecule has 0 spiro atoms. The quantitative estimate of drug-likeness (QED) is 0.604. The van der Waals surface area contributed by atoms with Crippen LogP contribution >= 0.6 is 0 Å². The summed E-state index contributed by atoms with van der Waals surface area (Å²) in [5.41, 5.74) is 4.53. The van der Waals surface area contributed by atoms with Gasteiger partial charge in [0.15, 0.2) is 0 Å². The van der Waals surface area contributed by atoms with Crippen LogP contribution in [0.25, 0.3) is 11.5 Å². The molecular formula is C24H27N3O4. The number of carbonyl (C=O) groups is 1. The first kappa shape index (κ1) is 20.9. The second-order valence-electron chi connectivity index (χ2n) is 7.63. The predicted molar refractivity (Wildman–Crippen MR) is 118 cm³/mol. The van der Waals surface area contributed by atoms with Crippen LogP contribution in [0.15, 0.2) is 53.1 Å². The van der Waals surface area contributed by atoms with Gasteiger partial charge in [-0.1, -0.05) is 0 Å². The Balaban J connectivity index is 1.44. The maximum Gasteiger partial charge on any atom is 0.254 e. The van der Waals surface area contributed by atoms with E-state index in [1.54, 1.807) is 13.4 Å². The van der Waals surface area contributed by atoms with Crippen LogP contribution in [0.5, 0.6) is 5.75 Å². The first-order valence-corrected chi connectivity index (χ1v) is 10.3. The number of nitrogens with zero attached hydrogens (tertiary/aromatic N) is 3. The van der Waals surface area contributed by atoms with Crippen molar-refractivity contribution in [1.82, 2.24) is 9.88 Å². The Morgan fingerprint density at radius 3 is 2.58 bits per heavy atom. The van der Waals surface area contributed by atoms with Crippen molar-refractivity contribution in [3.05, 3.63) is 65.5 Å². The van der Waals surface area contributed by atoms with E-state index in [2.05, 4.69) is 9.88 Å². The van der Waals surface area contributed by atoms with Gasteiger partial charge in [-0.3, -0.25) is 4.79 Å². The Kier molecular flexibility index (Phi) is 6.23. The average Bonchev–Trinajstić information content (AvgIpc) is 3.27. The Morgan fingerprint density at radius 2 is 1.90 bits per heavy atom. The zero-order valence-electron chi connectivity index (χ0n) is 18.1. The van der Waals surface area contributed by atoms with Gasteiger partial charge >= 0.3 is 0 Å². The molecule has 162 valence electrons. The van der Waals surface area contributed by atoms with E-state index in [0.717, 1.165) is 28.3 Å². The molecule has 31 heavy (non-hydrogen) atoms. The van der Waals surface area contributed by atoms with Crippen LogP contribution in [0.4, 0.5) is 5.69 Å². The summed E-state index contributed by atoms with van der Waals surface area (Å²) in [4.78, 5) is 21.3. The van der Waals surface area contributed by atoms with Gasteiger partial charge in [-0.05, 0) is 55.0 Å². The molecule has 0 radical (unpaired) electrons. The van der Waals surface area contributed by atoms with Crippen molar-refractivity contribution in [3.63, 3.8) is 0 Å². The highest BCUT2D eigenvalue weighted by Crippen LogP contribution is 2.25. The molecule has 7 heteroatoms. The first-order valence-electron chi connectivity index (χ1n) is 10.3. The molecule has 2 aromatic carbocycles. The number of amides is 1. The molecule has 0 atom stereocenters. The SMILES string of the molecule is COc1ccc(-c2nc(CN(C)c3ccc(C(=O)N4CCOCC4)cc3C)co2)cc1. The monoisotopic (exact) mass is 421 g/mol. The van der Waals surface area contributed by atoms with Crippen LogP contribution in [0, 0.1) is 6.92 Å². The molecule has 1 aromatic heterocycles. The highest BCUT2D eigenvalue weighted by Gasteiger charge is 2.19. The summed E-state index contributed by atoms with van der Waals surface area (Å²) in [6.07, 6.45) is 1.68. The van der Waals surface area contributed by atoms with E-state index in [1.165, 1.54) is 0 Å². The van der Waals surface area contributed by atoms with Gasteiger partial charge in [-0.25, -0.2) is 4.98 Å². The van der Waals surface area contributed by atoms with Gasteiger partial charge in [0.05, 0.1) is 32.6 Å². The molecule has 1 fully saturated rings. The lowest BCUT2D eigenvalue weighted by Crippen LogP contribution is -2.40. The number of morpholine rings is 1. The largest absolute Gasteiger partial charge is 0.497 e. The molecule has 0 bridgehead atoms. The van der Waals surface area contributed by atoms with E-state index < -0.39 is 0 Å². The summed E-state index contributed by atoms with van der Waals surface area (Å²) < 4.78 is 16.2. The molecule has 4 rings (SSSR count). The first-order chi connectivity index (χ1) is 15.0. The number of hydrogen-bond donors (Lipinski definition) is 0. The molecule has 1 saturated heterocycles. The van der Waals surface area contributed by atoms with E-state index >= 15 is 0 Å². The van der Waals surface area contributed by atoms with E-state index in [0.29, 0.717) is 44.3 Å². The zero-order chi connectivity index (χ0) is 21.8. The molecular weight excluding hydrogens is 394 g/mol. The topological polar surface area (TPSA) is 68.0 Å². The van der Waals surface area contributed by atoms with E-state index in [1.807, 2.05) is 61.3 Å². The molecule has 7 nitrogen and oxygen atoms in total. The molecule has 1 amide bonds. The number of carbonyl (C=O) groups excluding carboxylic acids is 1. The lowest BCUT2D eigenvalue weighted by molar-refractivity contribution is 0.0303. The van der Waals surface area contributed by atoms with Crippen LogP contribution in [0.1, 0.15) is 21.6 Å². The third-order valence-corrected chi connectivity index (χ3v) is 5.44. The van der Waals surface area contributed by atoms with Crippen LogP contribution in [0.2, 0.25) is 0 Å². The summed E-state index contributed by atoms with van der Waals surface area (Å²) >= 11 is 0. The number of ether oxygens (including phenoxy) is 2. The number of methoxy groups -OCH3 is 1. The molecule has 0 saturated carbocycles. The van der Waals surface area contributed by atoms with Gasteiger partial charge in [0.1, 0.15) is 12.0 Å². The minimum atomic E-state index is 0.0567. The standard InChI is InChI=1S/C24H27N3O4/c1-17-14-19(24(28)27-10-12-30-13-11-27)6-9-22(17)26(2)15-20-16-31-23(25-20)18-4-7-21(29-3)8-5-18/h4-9,14,16H,10-13,15H2,1-3H3. The highest BCUT2D eigenvalue weighted by atomic mass is 16.5. The van der Waals surface area contributed by atoms with Crippen molar-refractivity contribution in [2.45, 2.75) is 13.5 Å². The maximum atomic E-state index is 12.7. The van der Waals surface area contributed by atoms with E-state index in [-0.39, 0.29) is 5.91 Å². The van der Waals surface area contributed by atoms with Crippen LogP contribution in [0.3, 0.4) is 0 Å². The Hall–Kier alpha value is -3.32. The molecule has 3 aromatic rings. The van der Waals surface area contributed by atoms with E-state index in [4.69, 9.17) is 13.9 Å². The van der Waals surface area contributed by atoms with Gasteiger partial charge < -0.3 is 23.7 Å². The van der Waals surface area contributed by atoms with Crippen LogP contribution < -0.4 is 9.64 Å². The van der Waals surface area contributed by atoms with Gasteiger partial charge in [0.2, 0.25) is 5.89 Å². The van der Waals surface area contributed by atoms with Crippen molar-refractivity contribution in [2.75, 3.05) is 45.4 Å². The van der Waals surface area contributed by atoms with Crippen molar-refractivity contribution < 1.29 is 18.7 Å². The zero-order valence-corrected chi connectivity index (χ0v) is 18.1. The van der Waals surface area contributed by atoms with Crippen LogP contribution in [-0.2, 0) is 11.3 Å². The second-order valence-corrected chi connectivity index (χ2v) is 7.63. The van der Waals surface area contributed by atoms with Crippen molar-refractivity contribution in [1.29, 1.82) is 0 Å². The molecule has 1 aliphatic rings. The number of hydrogen-bond acceptors (Lipinski definition) is 6. The summed E-state index contributed by atoms with van der Waals surface area (Å²) in [6.45, 7) is 5.10.